The third-order valence-electron chi connectivity index (χ3n) is 5.48. The maximum Gasteiger partial charge on any atom is 0.225 e. The lowest BCUT2D eigenvalue weighted by Gasteiger charge is -2.37. The van der Waals surface area contributed by atoms with Gasteiger partial charge < -0.3 is 15.0 Å². The molecule has 2 amide bonds. The number of carbonyl (C=O) groups excluding carboxylic acids is 2. The van der Waals surface area contributed by atoms with E-state index in [1.807, 2.05) is 27.7 Å². The molecule has 25 heavy (non-hydrogen) atoms. The van der Waals surface area contributed by atoms with Crippen LogP contribution >= 0.6 is 0 Å². The highest BCUT2D eigenvalue weighted by Crippen LogP contribution is 2.28. The van der Waals surface area contributed by atoms with E-state index >= 15 is 0 Å². The number of nitrogens with zero attached hydrogens (tertiary/aromatic N) is 1. The first-order valence-corrected chi connectivity index (χ1v) is 9.98. The largest absolute Gasteiger partial charge is 0.381 e. The Balaban J connectivity index is 1.78. The van der Waals surface area contributed by atoms with Crippen molar-refractivity contribution < 1.29 is 14.3 Å². The smallest absolute Gasteiger partial charge is 0.225 e. The molecule has 0 aromatic heterocycles. The second-order valence-corrected chi connectivity index (χ2v) is 8.72. The van der Waals surface area contributed by atoms with Crippen LogP contribution in [-0.4, -0.2) is 49.1 Å². The van der Waals surface area contributed by atoms with Gasteiger partial charge in [-0.05, 0) is 51.4 Å². The van der Waals surface area contributed by atoms with Crippen molar-refractivity contribution in [2.75, 3.05) is 26.3 Å². The zero-order chi connectivity index (χ0) is 18.4. The van der Waals surface area contributed by atoms with Gasteiger partial charge in [0.2, 0.25) is 11.8 Å². The van der Waals surface area contributed by atoms with Crippen molar-refractivity contribution in [3.63, 3.8) is 0 Å². The minimum absolute atomic E-state index is 0.108. The van der Waals surface area contributed by atoms with Gasteiger partial charge in [-0.2, -0.15) is 0 Å². The van der Waals surface area contributed by atoms with Crippen LogP contribution < -0.4 is 5.32 Å². The number of carbonyl (C=O) groups is 2. The van der Waals surface area contributed by atoms with Crippen molar-refractivity contribution in [2.45, 2.75) is 72.3 Å². The normalized spacial score (nSPS) is 27.8. The van der Waals surface area contributed by atoms with Gasteiger partial charge >= 0.3 is 0 Å². The predicted octanol–water partition coefficient (Wildman–Crippen LogP) is 2.98. The lowest BCUT2D eigenvalue weighted by molar-refractivity contribution is -0.139. The van der Waals surface area contributed by atoms with Crippen molar-refractivity contribution in [2.24, 2.45) is 17.3 Å². The summed E-state index contributed by atoms with van der Waals surface area (Å²) in [5.74, 6) is 1.05. The molecule has 2 rings (SSSR count). The maximum absolute atomic E-state index is 12.9. The summed E-state index contributed by atoms with van der Waals surface area (Å²) in [4.78, 5) is 27.0. The molecule has 1 saturated carbocycles. The fourth-order valence-electron chi connectivity index (χ4n) is 3.83. The van der Waals surface area contributed by atoms with E-state index in [0.717, 1.165) is 64.8 Å². The van der Waals surface area contributed by atoms with Crippen LogP contribution in [0.5, 0.6) is 0 Å². The Bertz CT molecular complexity index is 450. The highest BCUT2D eigenvalue weighted by molar-refractivity contribution is 5.82. The van der Waals surface area contributed by atoms with Crippen LogP contribution in [0.4, 0.5) is 0 Å². The molecule has 1 atom stereocenters. The van der Waals surface area contributed by atoms with Crippen molar-refractivity contribution >= 4 is 11.8 Å². The van der Waals surface area contributed by atoms with Crippen LogP contribution in [0.15, 0.2) is 0 Å². The van der Waals surface area contributed by atoms with Crippen LogP contribution in [0.2, 0.25) is 0 Å². The number of ether oxygens (including phenoxy) is 1. The molecule has 0 aromatic carbocycles. The molecule has 1 unspecified atom stereocenters. The number of hydrogen-bond acceptors (Lipinski definition) is 3. The molecule has 1 N–H and O–H groups in total. The zero-order valence-electron chi connectivity index (χ0n) is 16.5. The van der Waals surface area contributed by atoms with Gasteiger partial charge in [0.15, 0.2) is 0 Å². The molecule has 2 aliphatic rings. The molecule has 0 bridgehead atoms. The summed E-state index contributed by atoms with van der Waals surface area (Å²) in [7, 11) is 0. The van der Waals surface area contributed by atoms with Gasteiger partial charge in [-0.25, -0.2) is 0 Å². The molecular weight excluding hydrogens is 316 g/mol. The summed E-state index contributed by atoms with van der Waals surface area (Å²) in [5, 5.41) is 3.15. The standard InChI is InChI=1S/C20H36N2O3/c1-5-25-14-15-7-6-12-22(13-15)18(23)16-8-10-17(11-9-16)21-19(24)20(2,3)4/h15-17H,5-14H2,1-4H3,(H,21,24). The first-order valence-electron chi connectivity index (χ1n) is 9.98. The van der Waals surface area contributed by atoms with Gasteiger partial charge in [0, 0.05) is 37.1 Å². The molecule has 1 heterocycles. The van der Waals surface area contributed by atoms with Gasteiger partial charge in [0.25, 0.3) is 0 Å². The van der Waals surface area contributed by atoms with E-state index in [4.69, 9.17) is 4.74 Å². The highest BCUT2D eigenvalue weighted by atomic mass is 16.5. The Morgan fingerprint density at radius 1 is 1.12 bits per heavy atom. The van der Waals surface area contributed by atoms with Crippen LogP contribution in [0, 0.1) is 17.3 Å². The molecule has 2 fully saturated rings. The second-order valence-electron chi connectivity index (χ2n) is 8.72. The molecule has 0 radical (unpaired) electrons. The molecular formula is C20H36N2O3. The van der Waals surface area contributed by atoms with E-state index in [9.17, 15) is 9.59 Å². The molecule has 0 spiro atoms. The quantitative estimate of drug-likeness (QED) is 0.827. The summed E-state index contributed by atoms with van der Waals surface area (Å²) in [6.45, 7) is 11.1. The minimum Gasteiger partial charge on any atom is -0.381 e. The molecule has 144 valence electrons. The number of amides is 2. The van der Waals surface area contributed by atoms with E-state index < -0.39 is 0 Å². The fraction of sp³-hybridized carbons (Fsp3) is 0.900. The number of piperidine rings is 1. The van der Waals surface area contributed by atoms with Gasteiger partial charge in [-0.1, -0.05) is 20.8 Å². The Morgan fingerprint density at radius 3 is 2.40 bits per heavy atom. The number of rotatable bonds is 5. The van der Waals surface area contributed by atoms with Crippen LogP contribution in [-0.2, 0) is 14.3 Å². The Kier molecular flexibility index (Phi) is 7.29. The monoisotopic (exact) mass is 352 g/mol. The van der Waals surface area contributed by atoms with Gasteiger partial charge in [-0.15, -0.1) is 0 Å². The highest BCUT2D eigenvalue weighted by Gasteiger charge is 2.33. The number of likely N-dealkylation sites (tertiary alicyclic amines) is 1. The molecule has 1 aliphatic heterocycles. The first kappa shape index (κ1) is 20.2. The molecule has 1 saturated heterocycles. The second kappa shape index (κ2) is 9.02. The third kappa shape index (κ3) is 5.98. The third-order valence-corrected chi connectivity index (χ3v) is 5.48. The van der Waals surface area contributed by atoms with E-state index in [1.165, 1.54) is 0 Å². The maximum atomic E-state index is 12.9. The first-order chi connectivity index (χ1) is 11.8. The Hall–Kier alpha value is -1.10. The summed E-state index contributed by atoms with van der Waals surface area (Å²) in [6.07, 6.45) is 5.85. The fourth-order valence-corrected chi connectivity index (χ4v) is 3.83. The van der Waals surface area contributed by atoms with Gasteiger partial charge in [-0.3, -0.25) is 9.59 Å². The van der Waals surface area contributed by atoms with Crippen molar-refractivity contribution in [1.82, 2.24) is 10.2 Å². The summed E-state index contributed by atoms with van der Waals surface area (Å²) < 4.78 is 5.55. The Morgan fingerprint density at radius 2 is 1.80 bits per heavy atom. The number of nitrogens with one attached hydrogen (secondary N) is 1. The Labute approximate surface area is 152 Å². The van der Waals surface area contributed by atoms with E-state index in [2.05, 4.69) is 10.2 Å². The SMILES string of the molecule is CCOCC1CCCN(C(=O)C2CCC(NC(=O)C(C)(C)C)CC2)C1. The van der Waals surface area contributed by atoms with E-state index in [1.54, 1.807) is 0 Å². The van der Waals surface area contributed by atoms with Crippen molar-refractivity contribution in [3.05, 3.63) is 0 Å². The van der Waals surface area contributed by atoms with Crippen molar-refractivity contribution in [1.29, 1.82) is 0 Å². The van der Waals surface area contributed by atoms with Gasteiger partial charge in [0.1, 0.15) is 0 Å². The van der Waals surface area contributed by atoms with Crippen LogP contribution in [0.25, 0.3) is 0 Å². The van der Waals surface area contributed by atoms with E-state index in [0.29, 0.717) is 11.8 Å². The molecule has 5 nitrogen and oxygen atoms in total. The number of hydrogen-bond donors (Lipinski definition) is 1. The molecule has 5 heteroatoms. The summed E-state index contributed by atoms with van der Waals surface area (Å²) >= 11 is 0. The summed E-state index contributed by atoms with van der Waals surface area (Å²) in [5.41, 5.74) is -0.351. The van der Waals surface area contributed by atoms with Crippen LogP contribution in [0.1, 0.15) is 66.2 Å². The predicted molar refractivity (Wildman–Crippen MR) is 99.1 cm³/mol. The topological polar surface area (TPSA) is 58.6 Å². The van der Waals surface area contributed by atoms with Crippen molar-refractivity contribution in [3.8, 4) is 0 Å². The average Bonchev–Trinajstić information content (AvgIpc) is 2.59. The lowest BCUT2D eigenvalue weighted by atomic mass is 9.83. The lowest BCUT2D eigenvalue weighted by Crippen LogP contribution is -2.47. The molecule has 1 aliphatic carbocycles. The van der Waals surface area contributed by atoms with Gasteiger partial charge in [0.05, 0.1) is 6.61 Å². The zero-order valence-corrected chi connectivity index (χ0v) is 16.5. The van der Waals surface area contributed by atoms with Crippen LogP contribution in [0.3, 0.4) is 0 Å². The van der Waals surface area contributed by atoms with E-state index in [-0.39, 0.29) is 23.3 Å². The minimum atomic E-state index is -0.351. The molecule has 0 aromatic rings. The summed E-state index contributed by atoms with van der Waals surface area (Å²) in [6, 6.07) is 0.225. The average molecular weight is 353 g/mol.